The summed E-state index contributed by atoms with van der Waals surface area (Å²) in [7, 11) is -1.20. The molecule has 8 heteroatoms. The Kier molecular flexibility index (Phi) is 5.92. The van der Waals surface area contributed by atoms with Gasteiger partial charge in [0.25, 0.3) is 5.91 Å². The number of aromatic nitrogens is 1. The number of benzene rings is 2. The number of hydrogen-bond acceptors (Lipinski definition) is 5. The van der Waals surface area contributed by atoms with Crippen LogP contribution in [0.25, 0.3) is 11.1 Å². The Balaban J connectivity index is 1.51. The molecule has 32 heavy (non-hydrogen) atoms. The topological polar surface area (TPSA) is 81.8 Å². The van der Waals surface area contributed by atoms with E-state index < -0.39 is 13.8 Å². The van der Waals surface area contributed by atoms with Gasteiger partial charge >= 0.3 is 5.76 Å². The summed E-state index contributed by atoms with van der Waals surface area (Å²) >= 11 is 0. The Morgan fingerprint density at radius 3 is 2.62 bits per heavy atom. The standard InChI is InChI=1S/C24H28N2O5Si/c1-16-20-11-18(14-27)5-7-19(20)23(28)25(16)13-17-6-8-21-22(12-17)31-24(29)26(21)15-30-9-10-32(2,3)4/h5-8,11-12,14,16H,9-10,13,15H2,1-4H3/t16-/m0/s1. The molecule has 3 aromatic rings. The van der Waals surface area contributed by atoms with Crippen LogP contribution in [0.15, 0.2) is 45.6 Å². The first-order chi connectivity index (χ1) is 15.2. The second-order valence-corrected chi connectivity index (χ2v) is 15.1. The van der Waals surface area contributed by atoms with E-state index in [0.29, 0.717) is 35.4 Å². The highest BCUT2D eigenvalue weighted by Gasteiger charge is 2.34. The van der Waals surface area contributed by atoms with Crippen LogP contribution in [0.2, 0.25) is 25.7 Å². The highest BCUT2D eigenvalue weighted by Crippen LogP contribution is 2.35. The molecule has 2 aromatic carbocycles. The van der Waals surface area contributed by atoms with E-state index in [1.165, 1.54) is 4.57 Å². The third kappa shape index (κ3) is 4.33. The SMILES string of the molecule is C[C@H]1c2cc(C=O)ccc2C(=O)N1Cc1ccc2c(c1)oc(=O)n2COCC[Si](C)(C)C. The predicted octanol–water partition coefficient (Wildman–Crippen LogP) is 4.44. The van der Waals surface area contributed by atoms with Crippen molar-refractivity contribution < 1.29 is 18.7 Å². The zero-order chi connectivity index (χ0) is 23.0. The summed E-state index contributed by atoms with van der Waals surface area (Å²) in [5.74, 6) is -0.524. The number of rotatable bonds is 8. The highest BCUT2D eigenvalue weighted by atomic mass is 28.3. The van der Waals surface area contributed by atoms with Crippen LogP contribution in [-0.4, -0.2) is 36.3 Å². The number of carbonyl (C=O) groups excluding carboxylic acids is 2. The molecule has 0 spiro atoms. The Bertz CT molecular complexity index is 1240. The van der Waals surface area contributed by atoms with Gasteiger partial charge in [0.05, 0.1) is 11.6 Å². The molecule has 0 aliphatic carbocycles. The molecule has 2 heterocycles. The summed E-state index contributed by atoms with van der Waals surface area (Å²) in [6, 6.07) is 11.6. The van der Waals surface area contributed by atoms with Gasteiger partial charge in [-0.05, 0) is 48.4 Å². The average Bonchev–Trinajstić information content (AvgIpc) is 3.18. The first kappa shape index (κ1) is 22.2. The molecule has 168 valence electrons. The summed E-state index contributed by atoms with van der Waals surface area (Å²) in [6.07, 6.45) is 0.787. The van der Waals surface area contributed by atoms with E-state index in [4.69, 9.17) is 9.15 Å². The van der Waals surface area contributed by atoms with Gasteiger partial charge in [0.2, 0.25) is 0 Å². The summed E-state index contributed by atoms with van der Waals surface area (Å²) in [4.78, 5) is 38.1. The molecule has 0 radical (unpaired) electrons. The number of aldehydes is 1. The van der Waals surface area contributed by atoms with Crippen molar-refractivity contribution in [3.8, 4) is 0 Å². The fraction of sp³-hybridized carbons (Fsp3) is 0.375. The minimum atomic E-state index is -1.20. The van der Waals surface area contributed by atoms with Gasteiger partial charge in [-0.2, -0.15) is 0 Å². The highest BCUT2D eigenvalue weighted by molar-refractivity contribution is 6.76. The zero-order valence-electron chi connectivity index (χ0n) is 18.9. The average molecular weight is 453 g/mol. The lowest BCUT2D eigenvalue weighted by molar-refractivity contribution is 0.0723. The van der Waals surface area contributed by atoms with E-state index >= 15 is 0 Å². The van der Waals surface area contributed by atoms with Crippen LogP contribution >= 0.6 is 0 Å². The van der Waals surface area contributed by atoms with Crippen molar-refractivity contribution in [1.82, 2.24) is 9.47 Å². The fourth-order valence-electron chi connectivity index (χ4n) is 3.96. The van der Waals surface area contributed by atoms with Crippen LogP contribution in [0.4, 0.5) is 0 Å². The fourth-order valence-corrected chi connectivity index (χ4v) is 4.72. The summed E-state index contributed by atoms with van der Waals surface area (Å²) in [5, 5.41) is 0. The monoisotopic (exact) mass is 452 g/mol. The molecule has 4 rings (SSSR count). The van der Waals surface area contributed by atoms with Crippen LogP contribution in [0.5, 0.6) is 0 Å². The Morgan fingerprint density at radius 1 is 1.12 bits per heavy atom. The van der Waals surface area contributed by atoms with Crippen LogP contribution in [0.1, 0.15) is 44.8 Å². The van der Waals surface area contributed by atoms with E-state index in [2.05, 4.69) is 19.6 Å². The molecule has 1 aliphatic heterocycles. The maximum absolute atomic E-state index is 12.9. The molecule has 0 saturated heterocycles. The summed E-state index contributed by atoms with van der Waals surface area (Å²) < 4.78 is 12.7. The molecule has 0 saturated carbocycles. The molecule has 0 fully saturated rings. The minimum absolute atomic E-state index is 0.0696. The van der Waals surface area contributed by atoms with Crippen molar-refractivity contribution in [2.45, 2.75) is 51.9 Å². The van der Waals surface area contributed by atoms with E-state index in [9.17, 15) is 14.4 Å². The van der Waals surface area contributed by atoms with E-state index in [1.54, 1.807) is 29.2 Å². The maximum atomic E-state index is 12.9. The van der Waals surface area contributed by atoms with Gasteiger partial charge in [0, 0.05) is 32.4 Å². The molecule has 0 bridgehead atoms. The van der Waals surface area contributed by atoms with Crippen molar-refractivity contribution in [3.05, 3.63) is 69.2 Å². The first-order valence-corrected chi connectivity index (χ1v) is 14.5. The number of ether oxygens (including phenoxy) is 1. The third-order valence-corrected chi connectivity index (χ3v) is 7.63. The smallest absolute Gasteiger partial charge is 0.408 e. The van der Waals surface area contributed by atoms with Gasteiger partial charge in [0.1, 0.15) is 13.0 Å². The largest absolute Gasteiger partial charge is 0.421 e. The normalized spacial score (nSPS) is 16.1. The quantitative estimate of drug-likeness (QED) is 0.287. The number of nitrogens with zero attached hydrogens (tertiary/aromatic N) is 2. The van der Waals surface area contributed by atoms with Crippen molar-refractivity contribution in [2.24, 2.45) is 0 Å². The van der Waals surface area contributed by atoms with Gasteiger partial charge in [-0.1, -0.05) is 31.8 Å². The number of oxazole rings is 1. The lowest BCUT2D eigenvalue weighted by atomic mass is 10.0. The number of amides is 1. The Labute approximate surface area is 187 Å². The molecule has 1 atom stereocenters. The van der Waals surface area contributed by atoms with Gasteiger partial charge in [-0.15, -0.1) is 0 Å². The Hall–Kier alpha value is -2.97. The molecule has 1 amide bonds. The molecule has 1 aliphatic rings. The zero-order valence-corrected chi connectivity index (χ0v) is 19.9. The van der Waals surface area contributed by atoms with Gasteiger partial charge < -0.3 is 14.1 Å². The number of carbonyl (C=O) groups is 2. The molecular weight excluding hydrogens is 424 g/mol. The maximum Gasteiger partial charge on any atom is 0.421 e. The van der Waals surface area contributed by atoms with Crippen LogP contribution in [-0.2, 0) is 18.0 Å². The molecule has 0 unspecified atom stereocenters. The molecule has 0 N–H and O–H groups in total. The summed E-state index contributed by atoms with van der Waals surface area (Å²) in [6.45, 7) is 9.95. The van der Waals surface area contributed by atoms with E-state index in [0.717, 1.165) is 23.5 Å². The lowest BCUT2D eigenvalue weighted by Gasteiger charge is -2.22. The molecular formula is C24H28N2O5Si. The van der Waals surface area contributed by atoms with Crippen molar-refractivity contribution in [3.63, 3.8) is 0 Å². The molecule has 1 aromatic heterocycles. The number of hydrogen-bond donors (Lipinski definition) is 0. The number of fused-ring (bicyclic) bond motifs is 2. The second kappa shape index (κ2) is 8.52. The van der Waals surface area contributed by atoms with Crippen molar-refractivity contribution >= 4 is 31.4 Å². The third-order valence-electron chi connectivity index (χ3n) is 5.92. The summed E-state index contributed by atoms with van der Waals surface area (Å²) in [5.41, 5.74) is 4.04. The van der Waals surface area contributed by atoms with Gasteiger partial charge in [0.15, 0.2) is 5.58 Å². The molecule has 7 nitrogen and oxygen atoms in total. The minimum Gasteiger partial charge on any atom is -0.408 e. The van der Waals surface area contributed by atoms with Crippen LogP contribution in [0.3, 0.4) is 0 Å². The van der Waals surface area contributed by atoms with Crippen molar-refractivity contribution in [1.29, 1.82) is 0 Å². The van der Waals surface area contributed by atoms with E-state index in [-0.39, 0.29) is 18.7 Å². The van der Waals surface area contributed by atoms with Gasteiger partial charge in [-0.3, -0.25) is 9.59 Å². The first-order valence-electron chi connectivity index (χ1n) is 10.8. The second-order valence-electron chi connectivity index (χ2n) is 9.52. The lowest BCUT2D eigenvalue weighted by Crippen LogP contribution is -2.26. The van der Waals surface area contributed by atoms with Crippen molar-refractivity contribution in [2.75, 3.05) is 6.61 Å². The predicted molar refractivity (Wildman–Crippen MR) is 125 cm³/mol. The van der Waals surface area contributed by atoms with Crippen LogP contribution in [0, 0.1) is 0 Å². The Morgan fingerprint density at radius 2 is 1.91 bits per heavy atom. The van der Waals surface area contributed by atoms with Crippen LogP contribution < -0.4 is 5.76 Å². The van der Waals surface area contributed by atoms with Gasteiger partial charge in [-0.25, -0.2) is 9.36 Å². The van der Waals surface area contributed by atoms with E-state index in [1.807, 2.05) is 19.1 Å².